The summed E-state index contributed by atoms with van der Waals surface area (Å²) < 4.78 is 0. The number of likely N-dealkylation sites (tertiary alicyclic amines) is 1. The van der Waals surface area contributed by atoms with Gasteiger partial charge in [-0.25, -0.2) is 0 Å². The van der Waals surface area contributed by atoms with Crippen LogP contribution in [0, 0.1) is 0 Å². The highest BCUT2D eigenvalue weighted by atomic mass is 16.2. The van der Waals surface area contributed by atoms with Crippen LogP contribution in [0.25, 0.3) is 0 Å². The van der Waals surface area contributed by atoms with Crippen LogP contribution in [0.1, 0.15) is 33.1 Å². The average molecular weight is 307 g/mol. The van der Waals surface area contributed by atoms with Gasteiger partial charge in [0.25, 0.3) is 0 Å². The van der Waals surface area contributed by atoms with E-state index in [1.807, 2.05) is 24.8 Å². The van der Waals surface area contributed by atoms with Crippen molar-refractivity contribution in [2.45, 2.75) is 33.1 Å². The van der Waals surface area contributed by atoms with Gasteiger partial charge in [0.05, 0.1) is 0 Å². The van der Waals surface area contributed by atoms with Gasteiger partial charge in [-0.3, -0.25) is 24.2 Å². The molecule has 0 aromatic heterocycles. The lowest BCUT2D eigenvalue weighted by Crippen LogP contribution is -2.50. The fourth-order valence-electron chi connectivity index (χ4n) is 2.93. The van der Waals surface area contributed by atoms with E-state index in [0.717, 1.165) is 25.1 Å². The monoisotopic (exact) mass is 307 g/mol. The van der Waals surface area contributed by atoms with Gasteiger partial charge in [-0.1, -0.05) is 13.0 Å². The van der Waals surface area contributed by atoms with Crippen molar-refractivity contribution in [3.8, 4) is 0 Å². The van der Waals surface area contributed by atoms with Gasteiger partial charge in [-0.15, -0.1) is 0 Å². The van der Waals surface area contributed by atoms with E-state index in [4.69, 9.17) is 0 Å². The lowest BCUT2D eigenvalue weighted by Gasteiger charge is -2.35. The number of amides is 3. The number of piperazine rings is 1. The fourth-order valence-corrected chi connectivity index (χ4v) is 2.93. The molecule has 0 saturated carbocycles. The zero-order chi connectivity index (χ0) is 16.1. The molecule has 2 aliphatic heterocycles. The number of hydrogen-bond donors (Lipinski definition) is 0. The minimum absolute atomic E-state index is 0.0564. The average Bonchev–Trinajstić information content (AvgIpc) is 2.84. The zero-order valence-electron chi connectivity index (χ0n) is 13.5. The molecular formula is C16H25N3O3. The van der Waals surface area contributed by atoms with Crippen molar-refractivity contribution >= 4 is 17.7 Å². The van der Waals surface area contributed by atoms with E-state index in [-0.39, 0.29) is 17.7 Å². The number of hydrogen-bond acceptors (Lipinski definition) is 4. The summed E-state index contributed by atoms with van der Waals surface area (Å²) >= 11 is 0. The summed E-state index contributed by atoms with van der Waals surface area (Å²) in [4.78, 5) is 40.8. The second-order valence-corrected chi connectivity index (χ2v) is 5.87. The lowest BCUT2D eigenvalue weighted by atomic mass is 10.2. The first-order chi connectivity index (χ1) is 10.5. The van der Waals surface area contributed by atoms with Gasteiger partial charge in [0.2, 0.25) is 17.7 Å². The van der Waals surface area contributed by atoms with Crippen LogP contribution in [0.3, 0.4) is 0 Å². The second-order valence-electron chi connectivity index (χ2n) is 5.87. The van der Waals surface area contributed by atoms with E-state index in [2.05, 4.69) is 4.90 Å². The van der Waals surface area contributed by atoms with Gasteiger partial charge < -0.3 is 4.90 Å². The summed E-state index contributed by atoms with van der Waals surface area (Å²) in [6, 6.07) is 0. The van der Waals surface area contributed by atoms with Crippen molar-refractivity contribution in [3.63, 3.8) is 0 Å². The molecular weight excluding hydrogens is 282 g/mol. The quantitative estimate of drug-likeness (QED) is 0.552. The molecule has 2 heterocycles. The van der Waals surface area contributed by atoms with Crippen LogP contribution in [-0.2, 0) is 14.4 Å². The van der Waals surface area contributed by atoms with Crippen molar-refractivity contribution in [2.75, 3.05) is 39.3 Å². The number of allylic oxidation sites excluding steroid dienone is 1. The maximum absolute atomic E-state index is 12.2. The maximum atomic E-state index is 12.2. The molecule has 122 valence electrons. The van der Waals surface area contributed by atoms with Crippen LogP contribution in [0.2, 0.25) is 0 Å². The Balaban J connectivity index is 1.75. The van der Waals surface area contributed by atoms with E-state index >= 15 is 0 Å². The van der Waals surface area contributed by atoms with Gasteiger partial charge in [-0.05, 0) is 13.3 Å². The minimum atomic E-state index is -0.0564. The third-order valence-electron chi connectivity index (χ3n) is 4.30. The predicted octanol–water partition coefficient (Wildman–Crippen LogP) is 0.636. The molecule has 2 fully saturated rings. The molecule has 2 saturated heterocycles. The van der Waals surface area contributed by atoms with E-state index in [1.54, 1.807) is 0 Å². The summed E-state index contributed by atoms with van der Waals surface area (Å²) in [5.41, 5.74) is 0.809. The van der Waals surface area contributed by atoms with Crippen LogP contribution >= 0.6 is 0 Å². The van der Waals surface area contributed by atoms with Crippen LogP contribution in [0.4, 0.5) is 0 Å². The minimum Gasteiger partial charge on any atom is -0.336 e. The summed E-state index contributed by atoms with van der Waals surface area (Å²) in [6.45, 7) is 8.05. The molecule has 0 aromatic rings. The van der Waals surface area contributed by atoms with Gasteiger partial charge >= 0.3 is 0 Å². The third-order valence-corrected chi connectivity index (χ3v) is 4.30. The normalized spacial score (nSPS) is 20.9. The highest BCUT2D eigenvalue weighted by molar-refractivity contribution is 6.01. The van der Waals surface area contributed by atoms with Gasteiger partial charge in [0, 0.05) is 57.7 Å². The Kier molecular flexibility index (Phi) is 5.71. The van der Waals surface area contributed by atoms with E-state index in [1.165, 1.54) is 4.90 Å². The molecule has 0 N–H and O–H groups in total. The van der Waals surface area contributed by atoms with Crippen molar-refractivity contribution in [1.29, 1.82) is 0 Å². The summed E-state index contributed by atoms with van der Waals surface area (Å²) in [6.07, 6.45) is 3.53. The number of carbonyl (C=O) groups excluding carboxylic acids is 3. The van der Waals surface area contributed by atoms with Crippen molar-refractivity contribution in [3.05, 3.63) is 11.6 Å². The molecule has 0 atom stereocenters. The highest BCUT2D eigenvalue weighted by Gasteiger charge is 2.29. The molecule has 6 heteroatoms. The summed E-state index contributed by atoms with van der Waals surface area (Å²) in [5, 5.41) is 0. The summed E-state index contributed by atoms with van der Waals surface area (Å²) in [7, 11) is 0. The van der Waals surface area contributed by atoms with Crippen molar-refractivity contribution in [2.24, 2.45) is 0 Å². The molecule has 2 aliphatic rings. The van der Waals surface area contributed by atoms with Crippen LogP contribution in [0.15, 0.2) is 11.6 Å². The molecule has 2 rings (SSSR count). The summed E-state index contributed by atoms with van der Waals surface area (Å²) in [5.74, 6) is 0.00433. The topological polar surface area (TPSA) is 60.9 Å². The first-order valence-electron chi connectivity index (χ1n) is 8.04. The Morgan fingerprint density at radius 2 is 1.64 bits per heavy atom. The molecule has 0 aromatic carbocycles. The molecule has 0 spiro atoms. The van der Waals surface area contributed by atoms with E-state index < -0.39 is 0 Å². The van der Waals surface area contributed by atoms with Crippen molar-refractivity contribution in [1.82, 2.24) is 14.7 Å². The number of carbonyl (C=O) groups is 3. The van der Waals surface area contributed by atoms with Crippen LogP contribution in [-0.4, -0.2) is 71.7 Å². The molecule has 0 unspecified atom stereocenters. The van der Waals surface area contributed by atoms with Gasteiger partial charge in [0.15, 0.2) is 0 Å². The molecule has 0 bridgehead atoms. The van der Waals surface area contributed by atoms with Crippen LogP contribution < -0.4 is 0 Å². The number of nitrogens with zero attached hydrogens (tertiary/aromatic N) is 3. The fraction of sp³-hybridized carbons (Fsp3) is 0.688. The SMILES string of the molecule is CC/C=C(/C)C(=O)N1CCN(CCN2C(=O)CCC2=O)CC1. The highest BCUT2D eigenvalue weighted by Crippen LogP contribution is 2.12. The molecule has 3 amide bonds. The Labute approximate surface area is 131 Å². The third kappa shape index (κ3) is 3.94. The maximum Gasteiger partial charge on any atom is 0.249 e. The standard InChI is InChI=1S/C16H25N3O3/c1-3-4-13(2)16(22)18-10-7-17(8-11-18)9-12-19-14(20)5-6-15(19)21/h4H,3,5-12H2,1-2H3/b13-4-. The second kappa shape index (κ2) is 7.54. The van der Waals surface area contributed by atoms with E-state index in [9.17, 15) is 14.4 Å². The van der Waals surface area contributed by atoms with Crippen LogP contribution in [0.5, 0.6) is 0 Å². The first kappa shape index (κ1) is 16.7. The molecule has 0 aliphatic carbocycles. The van der Waals surface area contributed by atoms with Gasteiger partial charge in [-0.2, -0.15) is 0 Å². The largest absolute Gasteiger partial charge is 0.336 e. The predicted molar refractivity (Wildman–Crippen MR) is 83.0 cm³/mol. The van der Waals surface area contributed by atoms with Gasteiger partial charge in [0.1, 0.15) is 0 Å². The Hall–Kier alpha value is -1.69. The number of rotatable bonds is 5. The Morgan fingerprint density at radius 3 is 2.18 bits per heavy atom. The molecule has 0 radical (unpaired) electrons. The number of imide groups is 1. The van der Waals surface area contributed by atoms with Crippen molar-refractivity contribution < 1.29 is 14.4 Å². The van der Waals surface area contributed by atoms with E-state index in [0.29, 0.717) is 39.0 Å². The zero-order valence-corrected chi connectivity index (χ0v) is 13.5. The smallest absolute Gasteiger partial charge is 0.249 e. The Morgan fingerprint density at radius 1 is 1.05 bits per heavy atom. The molecule has 22 heavy (non-hydrogen) atoms. The lowest BCUT2D eigenvalue weighted by molar-refractivity contribution is -0.138. The first-order valence-corrected chi connectivity index (χ1v) is 8.04. The Bertz CT molecular complexity index is 463. The molecule has 6 nitrogen and oxygen atoms in total.